The van der Waals surface area contributed by atoms with Gasteiger partial charge in [-0.15, -0.1) is 0 Å². The Morgan fingerprint density at radius 2 is 2.12 bits per heavy atom. The Morgan fingerprint density at radius 1 is 1.42 bits per heavy atom. The van der Waals surface area contributed by atoms with Crippen LogP contribution in [0.15, 0.2) is 11.1 Å². The predicted octanol–water partition coefficient (Wildman–Crippen LogP) is 2.63. The van der Waals surface area contributed by atoms with Crippen LogP contribution in [0.25, 0.3) is 0 Å². The van der Waals surface area contributed by atoms with E-state index in [9.17, 15) is 13.2 Å². The predicted molar refractivity (Wildman–Crippen MR) is 89.7 cm³/mol. The van der Waals surface area contributed by atoms with E-state index in [2.05, 4.69) is 15.6 Å². The fourth-order valence-electron chi connectivity index (χ4n) is 2.67. The maximum absolute atomic E-state index is 12.4. The minimum absolute atomic E-state index is 0.0702. The Balaban J connectivity index is 1.84. The molecular weight excluding hydrogens is 366 g/mol. The number of aromatic nitrogens is 1. The SMILES string of the molecule is CN=C(NCc1cc(Cl)c(Cl)n1C)NC1CCN(CC(F)(F)F)C1. The van der Waals surface area contributed by atoms with Crippen molar-refractivity contribution in [1.82, 2.24) is 20.1 Å². The molecule has 10 heteroatoms. The molecular formula is C14H20Cl2F3N5. The number of nitrogens with zero attached hydrogens (tertiary/aromatic N) is 3. The smallest absolute Gasteiger partial charge is 0.352 e. The van der Waals surface area contributed by atoms with E-state index in [0.717, 1.165) is 5.69 Å². The van der Waals surface area contributed by atoms with E-state index in [1.165, 1.54) is 4.90 Å². The van der Waals surface area contributed by atoms with Crippen molar-refractivity contribution in [2.24, 2.45) is 12.0 Å². The number of rotatable bonds is 4. The van der Waals surface area contributed by atoms with Gasteiger partial charge in [0.2, 0.25) is 0 Å². The molecule has 0 amide bonds. The first-order chi connectivity index (χ1) is 11.2. The summed E-state index contributed by atoms with van der Waals surface area (Å²) in [6, 6.07) is 1.68. The van der Waals surface area contributed by atoms with Crippen LogP contribution in [0.4, 0.5) is 13.2 Å². The van der Waals surface area contributed by atoms with Crippen LogP contribution in [0.3, 0.4) is 0 Å². The van der Waals surface area contributed by atoms with E-state index in [1.807, 2.05) is 0 Å². The van der Waals surface area contributed by atoms with Crippen molar-refractivity contribution < 1.29 is 13.2 Å². The van der Waals surface area contributed by atoms with Crippen molar-refractivity contribution >= 4 is 29.2 Å². The Kier molecular flexibility index (Phi) is 6.28. The number of hydrogen-bond donors (Lipinski definition) is 2. The van der Waals surface area contributed by atoms with Crippen molar-refractivity contribution in [1.29, 1.82) is 0 Å². The van der Waals surface area contributed by atoms with E-state index >= 15 is 0 Å². The van der Waals surface area contributed by atoms with E-state index in [4.69, 9.17) is 23.2 Å². The van der Waals surface area contributed by atoms with Gasteiger partial charge < -0.3 is 15.2 Å². The molecule has 2 rings (SSSR count). The Hall–Kier alpha value is -1.12. The second kappa shape index (κ2) is 7.84. The van der Waals surface area contributed by atoms with Gasteiger partial charge in [-0.25, -0.2) is 0 Å². The van der Waals surface area contributed by atoms with Gasteiger partial charge >= 0.3 is 6.18 Å². The number of nitrogens with one attached hydrogen (secondary N) is 2. The lowest BCUT2D eigenvalue weighted by Crippen LogP contribution is -2.45. The van der Waals surface area contributed by atoms with Gasteiger partial charge in [-0.05, 0) is 12.5 Å². The molecule has 2 heterocycles. The van der Waals surface area contributed by atoms with Gasteiger partial charge in [0.1, 0.15) is 5.15 Å². The molecule has 1 aliphatic heterocycles. The molecule has 136 valence electrons. The van der Waals surface area contributed by atoms with Crippen molar-refractivity contribution in [2.45, 2.75) is 25.2 Å². The quantitative estimate of drug-likeness (QED) is 0.618. The maximum atomic E-state index is 12.4. The van der Waals surface area contributed by atoms with Crippen LogP contribution in [0, 0.1) is 0 Å². The monoisotopic (exact) mass is 385 g/mol. The number of likely N-dealkylation sites (tertiary alicyclic amines) is 1. The zero-order valence-corrected chi connectivity index (χ0v) is 14.9. The highest BCUT2D eigenvalue weighted by Crippen LogP contribution is 2.25. The van der Waals surface area contributed by atoms with E-state index in [-0.39, 0.29) is 6.04 Å². The third kappa shape index (κ3) is 5.19. The molecule has 1 atom stereocenters. The molecule has 1 aliphatic rings. The normalized spacial score (nSPS) is 19.8. The van der Waals surface area contributed by atoms with Gasteiger partial charge in [0, 0.05) is 38.9 Å². The van der Waals surface area contributed by atoms with Gasteiger partial charge in [0.05, 0.1) is 18.1 Å². The highest BCUT2D eigenvalue weighted by molar-refractivity contribution is 6.41. The molecule has 1 unspecified atom stereocenters. The number of halogens is 5. The molecule has 0 radical (unpaired) electrons. The summed E-state index contributed by atoms with van der Waals surface area (Å²) in [5, 5.41) is 7.19. The lowest BCUT2D eigenvalue weighted by molar-refractivity contribution is -0.143. The minimum Gasteiger partial charge on any atom is -0.352 e. The second-order valence-electron chi connectivity index (χ2n) is 5.74. The fourth-order valence-corrected chi connectivity index (χ4v) is 3.08. The van der Waals surface area contributed by atoms with Crippen LogP contribution >= 0.6 is 23.2 Å². The number of hydrogen-bond acceptors (Lipinski definition) is 2. The standard InChI is InChI=1S/C14H20Cl2F3N5/c1-20-13(21-6-10-5-11(15)12(16)23(10)2)22-9-3-4-24(7-9)8-14(17,18)19/h5,9H,3-4,6-8H2,1-2H3,(H2,20,21,22). The van der Waals surface area contributed by atoms with E-state index in [0.29, 0.717) is 42.2 Å². The number of guanidine groups is 1. The summed E-state index contributed by atoms with van der Waals surface area (Å²) in [5.74, 6) is 0.530. The largest absolute Gasteiger partial charge is 0.401 e. The Bertz CT molecular complexity index is 600. The maximum Gasteiger partial charge on any atom is 0.401 e. The average Bonchev–Trinajstić information content (AvgIpc) is 3.01. The van der Waals surface area contributed by atoms with Crippen molar-refractivity contribution in [3.05, 3.63) is 21.9 Å². The van der Waals surface area contributed by atoms with E-state index < -0.39 is 12.7 Å². The first kappa shape index (κ1) is 19.2. The molecule has 0 bridgehead atoms. The lowest BCUT2D eigenvalue weighted by atomic mass is 10.3. The van der Waals surface area contributed by atoms with E-state index in [1.54, 1.807) is 24.7 Å². The zero-order chi connectivity index (χ0) is 17.9. The molecule has 1 aromatic rings. The molecule has 0 spiro atoms. The molecule has 2 N–H and O–H groups in total. The van der Waals surface area contributed by atoms with Crippen molar-refractivity contribution in [2.75, 3.05) is 26.7 Å². The number of aliphatic imine (C=N–C) groups is 1. The lowest BCUT2D eigenvalue weighted by Gasteiger charge is -2.20. The third-order valence-electron chi connectivity index (χ3n) is 3.89. The van der Waals surface area contributed by atoms with Gasteiger partial charge in [0.25, 0.3) is 0 Å². The molecule has 0 saturated carbocycles. The van der Waals surface area contributed by atoms with Crippen LogP contribution in [0.5, 0.6) is 0 Å². The highest BCUT2D eigenvalue weighted by atomic mass is 35.5. The third-order valence-corrected chi connectivity index (χ3v) is 4.73. The van der Waals surface area contributed by atoms with Crippen LogP contribution in [0.1, 0.15) is 12.1 Å². The highest BCUT2D eigenvalue weighted by Gasteiger charge is 2.34. The molecule has 0 aromatic carbocycles. The fraction of sp³-hybridized carbons (Fsp3) is 0.643. The first-order valence-electron chi connectivity index (χ1n) is 7.45. The minimum atomic E-state index is -4.17. The van der Waals surface area contributed by atoms with Crippen LogP contribution in [-0.2, 0) is 13.6 Å². The summed E-state index contributed by atoms with van der Waals surface area (Å²) < 4.78 is 39.0. The van der Waals surface area contributed by atoms with Crippen LogP contribution in [0.2, 0.25) is 10.2 Å². The first-order valence-corrected chi connectivity index (χ1v) is 8.21. The zero-order valence-electron chi connectivity index (χ0n) is 13.4. The molecule has 5 nitrogen and oxygen atoms in total. The second-order valence-corrected chi connectivity index (χ2v) is 6.50. The molecule has 1 saturated heterocycles. The topological polar surface area (TPSA) is 44.6 Å². The van der Waals surface area contributed by atoms with Gasteiger partial charge in [-0.1, -0.05) is 23.2 Å². The molecule has 1 aromatic heterocycles. The summed E-state index contributed by atoms with van der Waals surface area (Å²) in [4.78, 5) is 5.49. The average molecular weight is 386 g/mol. The van der Waals surface area contributed by atoms with Crippen molar-refractivity contribution in [3.8, 4) is 0 Å². The van der Waals surface area contributed by atoms with Crippen LogP contribution < -0.4 is 10.6 Å². The molecule has 1 fully saturated rings. The summed E-state index contributed by atoms with van der Waals surface area (Å²) in [6.45, 7) is 0.318. The molecule has 0 aliphatic carbocycles. The van der Waals surface area contributed by atoms with Gasteiger partial charge in [-0.3, -0.25) is 9.89 Å². The van der Waals surface area contributed by atoms with Crippen molar-refractivity contribution in [3.63, 3.8) is 0 Å². The summed E-state index contributed by atoms with van der Waals surface area (Å²) in [5.41, 5.74) is 0.873. The summed E-state index contributed by atoms with van der Waals surface area (Å²) >= 11 is 12.0. The molecule has 24 heavy (non-hydrogen) atoms. The van der Waals surface area contributed by atoms with Crippen LogP contribution in [-0.4, -0.2) is 54.3 Å². The summed E-state index contributed by atoms with van der Waals surface area (Å²) in [7, 11) is 3.41. The summed E-state index contributed by atoms with van der Waals surface area (Å²) in [6.07, 6.45) is -3.53. The van der Waals surface area contributed by atoms with Gasteiger partial charge in [0.15, 0.2) is 5.96 Å². The number of alkyl halides is 3. The Labute approximate surface area is 148 Å². The Morgan fingerprint density at radius 3 is 2.67 bits per heavy atom. The van der Waals surface area contributed by atoms with Gasteiger partial charge in [-0.2, -0.15) is 13.2 Å².